The second-order valence-electron chi connectivity index (χ2n) is 8.92. The predicted molar refractivity (Wildman–Crippen MR) is 124 cm³/mol. The highest BCUT2D eigenvalue weighted by Crippen LogP contribution is 2.34. The van der Waals surface area contributed by atoms with Crippen molar-refractivity contribution in [3.8, 4) is 0 Å². The largest absolute Gasteiger partial charge is 0.416 e. The zero-order valence-corrected chi connectivity index (χ0v) is 19.1. The van der Waals surface area contributed by atoms with Crippen LogP contribution in [-0.2, 0) is 6.18 Å². The average molecular weight is 492 g/mol. The van der Waals surface area contributed by atoms with Gasteiger partial charge in [-0.2, -0.15) is 18.2 Å². The van der Waals surface area contributed by atoms with E-state index in [1.54, 1.807) is 4.90 Å². The van der Waals surface area contributed by atoms with Gasteiger partial charge in [0, 0.05) is 49.7 Å². The zero-order valence-electron chi connectivity index (χ0n) is 19.1. The molecule has 2 aromatic rings. The van der Waals surface area contributed by atoms with Crippen molar-refractivity contribution in [1.82, 2.24) is 14.9 Å². The Kier molecular flexibility index (Phi) is 7.10. The van der Waals surface area contributed by atoms with E-state index in [1.807, 2.05) is 4.90 Å². The molecular formula is C23H28F3N7O2. The summed E-state index contributed by atoms with van der Waals surface area (Å²) in [4.78, 5) is 36.9. The molecule has 1 aromatic heterocycles. The molecule has 0 saturated carbocycles. The summed E-state index contributed by atoms with van der Waals surface area (Å²) in [6.07, 6.45) is 0.846. The molecule has 4 rings (SSSR count). The standard InChI is InChI=1S/C23H28F3N7O2/c24-23(25,26)15-9-14(21(35)32-6-2-1-3-7-32)10-17(11-15)30-20-18(19(28)34)12-29-22(31-20)33-8-4-5-16(27)13-33/h9-12,16H,1-8,13,27H2,(H2,28,34)(H,29,30,31)/t16-/m0/s1. The molecule has 188 valence electrons. The number of carbonyl (C=O) groups is 2. The summed E-state index contributed by atoms with van der Waals surface area (Å²) >= 11 is 0. The maximum atomic E-state index is 13.7. The molecule has 3 heterocycles. The van der Waals surface area contributed by atoms with Gasteiger partial charge >= 0.3 is 6.18 Å². The van der Waals surface area contributed by atoms with Crippen molar-refractivity contribution >= 4 is 29.3 Å². The molecule has 0 radical (unpaired) electrons. The Balaban J connectivity index is 1.70. The van der Waals surface area contributed by atoms with E-state index in [4.69, 9.17) is 11.5 Å². The van der Waals surface area contributed by atoms with E-state index in [9.17, 15) is 22.8 Å². The first kappa shape index (κ1) is 24.7. The maximum absolute atomic E-state index is 13.7. The van der Waals surface area contributed by atoms with E-state index in [1.165, 1.54) is 12.3 Å². The lowest BCUT2D eigenvalue weighted by molar-refractivity contribution is -0.137. The van der Waals surface area contributed by atoms with Gasteiger partial charge in [-0.1, -0.05) is 0 Å². The molecule has 0 unspecified atom stereocenters. The van der Waals surface area contributed by atoms with Crippen LogP contribution in [0.3, 0.4) is 0 Å². The summed E-state index contributed by atoms with van der Waals surface area (Å²) in [5.74, 6) is -1.08. The highest BCUT2D eigenvalue weighted by molar-refractivity contribution is 5.99. The van der Waals surface area contributed by atoms with E-state index in [-0.39, 0.29) is 34.6 Å². The Morgan fingerprint density at radius 3 is 2.46 bits per heavy atom. The lowest BCUT2D eigenvalue weighted by Gasteiger charge is -2.31. The molecule has 1 atom stereocenters. The number of amides is 2. The number of hydrogen-bond donors (Lipinski definition) is 3. The van der Waals surface area contributed by atoms with Crippen molar-refractivity contribution in [1.29, 1.82) is 0 Å². The zero-order chi connectivity index (χ0) is 25.2. The van der Waals surface area contributed by atoms with Crippen molar-refractivity contribution in [3.63, 3.8) is 0 Å². The molecule has 0 spiro atoms. The van der Waals surface area contributed by atoms with Crippen molar-refractivity contribution in [2.75, 3.05) is 36.4 Å². The summed E-state index contributed by atoms with van der Waals surface area (Å²) in [6, 6.07) is 2.98. The van der Waals surface area contributed by atoms with Crippen LogP contribution < -0.4 is 21.7 Å². The molecule has 0 aliphatic carbocycles. The molecule has 2 amide bonds. The lowest BCUT2D eigenvalue weighted by atomic mass is 10.1. The Bertz CT molecular complexity index is 1100. The number of benzene rings is 1. The van der Waals surface area contributed by atoms with Crippen LogP contribution in [0.25, 0.3) is 0 Å². The molecule has 2 aliphatic rings. The number of nitrogens with zero attached hydrogens (tertiary/aromatic N) is 4. The Labute approximate surface area is 200 Å². The van der Waals surface area contributed by atoms with Gasteiger partial charge in [-0.3, -0.25) is 9.59 Å². The first-order valence-electron chi connectivity index (χ1n) is 11.6. The number of halogens is 3. The van der Waals surface area contributed by atoms with E-state index >= 15 is 0 Å². The fourth-order valence-corrected chi connectivity index (χ4v) is 4.40. The molecule has 12 heteroatoms. The van der Waals surface area contributed by atoms with E-state index in [0.717, 1.165) is 44.2 Å². The van der Waals surface area contributed by atoms with Gasteiger partial charge in [-0.15, -0.1) is 0 Å². The first-order chi connectivity index (χ1) is 16.6. The highest BCUT2D eigenvalue weighted by atomic mass is 19.4. The van der Waals surface area contributed by atoms with Crippen LogP contribution >= 0.6 is 0 Å². The summed E-state index contributed by atoms with van der Waals surface area (Å²) in [5, 5.41) is 2.77. The Morgan fingerprint density at radius 2 is 1.80 bits per heavy atom. The third kappa shape index (κ3) is 5.81. The number of aromatic nitrogens is 2. The number of likely N-dealkylation sites (tertiary alicyclic amines) is 1. The van der Waals surface area contributed by atoms with Crippen molar-refractivity contribution < 1.29 is 22.8 Å². The monoisotopic (exact) mass is 491 g/mol. The topological polar surface area (TPSA) is 130 Å². The third-order valence-electron chi connectivity index (χ3n) is 6.20. The average Bonchev–Trinajstić information content (AvgIpc) is 2.83. The van der Waals surface area contributed by atoms with Crippen LogP contribution in [0.15, 0.2) is 24.4 Å². The van der Waals surface area contributed by atoms with Crippen LogP contribution in [0.4, 0.5) is 30.6 Å². The van der Waals surface area contributed by atoms with E-state index < -0.39 is 23.6 Å². The first-order valence-corrected chi connectivity index (χ1v) is 11.6. The smallest absolute Gasteiger partial charge is 0.365 e. The van der Waals surface area contributed by atoms with Gasteiger partial charge < -0.3 is 26.6 Å². The summed E-state index contributed by atoms with van der Waals surface area (Å²) in [7, 11) is 0. The minimum atomic E-state index is -4.68. The number of carbonyl (C=O) groups excluding carboxylic acids is 2. The lowest BCUT2D eigenvalue weighted by Crippen LogP contribution is -2.43. The van der Waals surface area contributed by atoms with Crippen LogP contribution in [0.1, 0.15) is 58.4 Å². The molecule has 35 heavy (non-hydrogen) atoms. The van der Waals surface area contributed by atoms with Crippen LogP contribution in [-0.4, -0.2) is 58.9 Å². The van der Waals surface area contributed by atoms with Crippen molar-refractivity contribution in [3.05, 3.63) is 41.1 Å². The van der Waals surface area contributed by atoms with Gasteiger partial charge in [0.1, 0.15) is 11.4 Å². The summed E-state index contributed by atoms with van der Waals surface area (Å²) < 4.78 is 41.0. The van der Waals surface area contributed by atoms with Gasteiger partial charge in [0.2, 0.25) is 5.95 Å². The molecule has 0 bridgehead atoms. The van der Waals surface area contributed by atoms with Crippen molar-refractivity contribution in [2.24, 2.45) is 11.5 Å². The maximum Gasteiger partial charge on any atom is 0.416 e. The fourth-order valence-electron chi connectivity index (χ4n) is 4.40. The second kappa shape index (κ2) is 10.1. The van der Waals surface area contributed by atoms with Gasteiger partial charge in [0.15, 0.2) is 0 Å². The molecule has 2 aliphatic heterocycles. The number of rotatable bonds is 5. The number of piperidine rings is 2. The number of primary amides is 1. The second-order valence-corrected chi connectivity index (χ2v) is 8.92. The number of anilines is 3. The predicted octanol–water partition coefficient (Wildman–Crippen LogP) is 2.89. The quantitative estimate of drug-likeness (QED) is 0.586. The minimum Gasteiger partial charge on any atom is -0.365 e. The van der Waals surface area contributed by atoms with E-state index in [0.29, 0.717) is 26.2 Å². The van der Waals surface area contributed by atoms with Gasteiger partial charge in [-0.05, 0) is 50.3 Å². The number of nitrogens with one attached hydrogen (secondary N) is 1. The van der Waals surface area contributed by atoms with Gasteiger partial charge in [0.25, 0.3) is 11.8 Å². The Morgan fingerprint density at radius 1 is 1.06 bits per heavy atom. The molecule has 2 fully saturated rings. The van der Waals surface area contributed by atoms with Gasteiger partial charge in [-0.25, -0.2) is 4.98 Å². The van der Waals surface area contributed by atoms with Crippen LogP contribution in [0, 0.1) is 0 Å². The molecule has 1 aromatic carbocycles. The number of nitrogens with two attached hydrogens (primary N) is 2. The van der Waals surface area contributed by atoms with Crippen LogP contribution in [0.2, 0.25) is 0 Å². The number of alkyl halides is 3. The number of hydrogen-bond acceptors (Lipinski definition) is 7. The van der Waals surface area contributed by atoms with Crippen LogP contribution in [0.5, 0.6) is 0 Å². The van der Waals surface area contributed by atoms with Gasteiger partial charge in [0.05, 0.1) is 5.56 Å². The third-order valence-corrected chi connectivity index (χ3v) is 6.20. The molecular weight excluding hydrogens is 463 g/mol. The summed E-state index contributed by atoms with van der Waals surface area (Å²) in [6.45, 7) is 2.16. The minimum absolute atomic E-state index is 0.0392. The molecule has 9 nitrogen and oxygen atoms in total. The SMILES string of the molecule is NC(=O)c1cnc(N2CCC[C@H](N)C2)nc1Nc1cc(C(=O)N2CCCCC2)cc(C(F)(F)F)c1. The summed E-state index contributed by atoms with van der Waals surface area (Å²) in [5.41, 5.74) is 10.3. The Hall–Kier alpha value is -3.41. The molecule has 2 saturated heterocycles. The molecule has 5 N–H and O–H groups in total. The highest BCUT2D eigenvalue weighted by Gasteiger charge is 2.33. The van der Waals surface area contributed by atoms with Crippen molar-refractivity contribution in [2.45, 2.75) is 44.3 Å². The normalized spacial score (nSPS) is 18.9. The fraction of sp³-hybridized carbons (Fsp3) is 0.478. The van der Waals surface area contributed by atoms with E-state index in [2.05, 4.69) is 15.3 Å².